The van der Waals surface area contributed by atoms with Gasteiger partial charge in [-0.05, 0) is 79.5 Å². The second kappa shape index (κ2) is 8.16. The van der Waals surface area contributed by atoms with Crippen molar-refractivity contribution in [2.45, 2.75) is 19.8 Å². The van der Waals surface area contributed by atoms with Crippen LogP contribution in [0, 0.1) is 12.7 Å². The lowest BCUT2D eigenvalue weighted by Crippen LogP contribution is -2.54. The van der Waals surface area contributed by atoms with Gasteiger partial charge in [0.1, 0.15) is 11.4 Å². The highest BCUT2D eigenvalue weighted by molar-refractivity contribution is 7.80. The van der Waals surface area contributed by atoms with Gasteiger partial charge in [0, 0.05) is 18.1 Å². The normalized spacial score (nSPS) is 18.4. The van der Waals surface area contributed by atoms with Crippen LogP contribution in [-0.2, 0) is 9.59 Å². The van der Waals surface area contributed by atoms with Crippen LogP contribution in [0.3, 0.4) is 0 Å². The number of hydrogen-bond acceptors (Lipinski definition) is 4. The maximum atomic E-state index is 14.8. The van der Waals surface area contributed by atoms with Crippen LogP contribution < -0.4 is 15.1 Å². The van der Waals surface area contributed by atoms with Crippen LogP contribution >= 0.6 is 23.8 Å². The molecule has 0 saturated carbocycles. The lowest BCUT2D eigenvalue weighted by molar-refractivity contribution is -0.122. The molecule has 4 rings (SSSR count). The van der Waals surface area contributed by atoms with Crippen LogP contribution in [0.25, 0.3) is 6.08 Å². The Kier molecular flexibility index (Phi) is 5.58. The van der Waals surface area contributed by atoms with Crippen LogP contribution in [0.1, 0.15) is 24.0 Å². The van der Waals surface area contributed by atoms with Crippen molar-refractivity contribution < 1.29 is 14.0 Å². The number of nitrogens with zero attached hydrogens (tertiary/aromatic N) is 2. The Morgan fingerprint density at radius 3 is 2.60 bits per heavy atom. The third-order valence-corrected chi connectivity index (χ3v) is 5.77. The maximum absolute atomic E-state index is 14.8. The van der Waals surface area contributed by atoms with Gasteiger partial charge in [-0.2, -0.15) is 0 Å². The molecule has 2 aliphatic heterocycles. The van der Waals surface area contributed by atoms with E-state index in [0.717, 1.165) is 31.5 Å². The van der Waals surface area contributed by atoms with Crippen molar-refractivity contribution in [3.8, 4) is 0 Å². The molecule has 0 spiro atoms. The van der Waals surface area contributed by atoms with Crippen molar-refractivity contribution in [1.82, 2.24) is 5.32 Å². The number of rotatable bonds is 3. The van der Waals surface area contributed by atoms with Crippen molar-refractivity contribution >= 4 is 58.2 Å². The van der Waals surface area contributed by atoms with Gasteiger partial charge in [-0.3, -0.25) is 19.8 Å². The Morgan fingerprint density at radius 2 is 1.90 bits per heavy atom. The van der Waals surface area contributed by atoms with Crippen molar-refractivity contribution in [3.05, 3.63) is 63.9 Å². The minimum Gasteiger partial charge on any atom is -0.369 e. The number of carbonyl (C=O) groups excluding carboxylic acids is 2. The summed E-state index contributed by atoms with van der Waals surface area (Å²) in [4.78, 5) is 28.8. The topological polar surface area (TPSA) is 52.7 Å². The predicted octanol–water partition coefficient (Wildman–Crippen LogP) is 4.22. The van der Waals surface area contributed by atoms with E-state index in [4.69, 9.17) is 23.8 Å². The zero-order chi connectivity index (χ0) is 21.4. The van der Waals surface area contributed by atoms with Crippen LogP contribution in [0.5, 0.6) is 0 Å². The molecule has 0 atom stereocenters. The number of amides is 2. The lowest BCUT2D eigenvalue weighted by Gasteiger charge is -2.29. The Balaban J connectivity index is 1.71. The first kappa shape index (κ1) is 20.5. The first-order valence-electron chi connectivity index (χ1n) is 9.57. The zero-order valence-corrected chi connectivity index (χ0v) is 17.8. The highest BCUT2D eigenvalue weighted by atomic mass is 35.5. The SMILES string of the molecule is Cc1cc(N2CCCC2)c(F)cc1/C=C1\C(=O)NC(=S)N(c2cccc(Cl)c2)C1=O. The molecule has 154 valence electrons. The second-order valence-corrected chi connectivity index (χ2v) is 8.12. The number of hydrogen-bond donors (Lipinski definition) is 1. The van der Waals surface area contributed by atoms with Gasteiger partial charge in [-0.25, -0.2) is 4.39 Å². The van der Waals surface area contributed by atoms with Crippen LogP contribution in [0.4, 0.5) is 15.8 Å². The molecule has 0 aliphatic carbocycles. The van der Waals surface area contributed by atoms with Crippen LogP contribution in [0.2, 0.25) is 5.02 Å². The summed E-state index contributed by atoms with van der Waals surface area (Å²) < 4.78 is 14.8. The largest absolute Gasteiger partial charge is 0.369 e. The van der Waals surface area contributed by atoms with Gasteiger partial charge in [0.2, 0.25) is 0 Å². The number of thiocarbonyl (C=S) groups is 1. The average Bonchev–Trinajstić information content (AvgIpc) is 3.22. The van der Waals surface area contributed by atoms with E-state index in [2.05, 4.69) is 5.32 Å². The van der Waals surface area contributed by atoms with Crippen LogP contribution in [-0.4, -0.2) is 30.0 Å². The summed E-state index contributed by atoms with van der Waals surface area (Å²) in [6.45, 7) is 3.48. The summed E-state index contributed by atoms with van der Waals surface area (Å²) >= 11 is 11.2. The molecule has 2 aromatic carbocycles. The fourth-order valence-corrected chi connectivity index (χ4v) is 4.17. The smallest absolute Gasteiger partial charge is 0.270 e. The number of anilines is 2. The van der Waals surface area contributed by atoms with E-state index in [1.165, 1.54) is 17.0 Å². The Morgan fingerprint density at radius 1 is 1.17 bits per heavy atom. The summed E-state index contributed by atoms with van der Waals surface area (Å²) in [5.74, 6) is -1.58. The average molecular weight is 444 g/mol. The standard InChI is InChI=1S/C22H19ClFN3O2S/c1-13-9-19(26-7-2-3-8-26)18(24)11-14(13)10-17-20(28)25-22(30)27(21(17)29)16-6-4-5-15(23)12-16/h4-6,9-12H,2-3,7-8H2,1H3,(H,25,28,30)/b17-10+. The number of benzene rings is 2. The molecule has 8 heteroatoms. The van der Waals surface area contributed by atoms with Gasteiger partial charge in [-0.15, -0.1) is 0 Å². The van der Waals surface area contributed by atoms with E-state index in [1.54, 1.807) is 30.3 Å². The summed E-state index contributed by atoms with van der Waals surface area (Å²) in [5, 5.41) is 2.92. The minimum atomic E-state index is -0.619. The molecular formula is C22H19ClFN3O2S. The van der Waals surface area contributed by atoms with Crippen molar-refractivity contribution in [3.63, 3.8) is 0 Å². The van der Waals surface area contributed by atoms with E-state index in [-0.39, 0.29) is 16.5 Å². The molecular weight excluding hydrogens is 425 g/mol. The first-order chi connectivity index (χ1) is 14.3. The first-order valence-corrected chi connectivity index (χ1v) is 10.4. The third kappa shape index (κ3) is 3.82. The Bertz CT molecular complexity index is 1100. The fraction of sp³-hybridized carbons (Fsp3) is 0.227. The van der Waals surface area contributed by atoms with Crippen molar-refractivity contribution in [2.24, 2.45) is 0 Å². The molecule has 0 bridgehead atoms. The lowest BCUT2D eigenvalue weighted by atomic mass is 10.0. The molecule has 2 amide bonds. The zero-order valence-electron chi connectivity index (χ0n) is 16.2. The molecule has 1 N–H and O–H groups in total. The van der Waals surface area contributed by atoms with Gasteiger partial charge < -0.3 is 4.90 Å². The predicted molar refractivity (Wildman–Crippen MR) is 120 cm³/mol. The molecule has 30 heavy (non-hydrogen) atoms. The van der Waals surface area contributed by atoms with E-state index in [9.17, 15) is 14.0 Å². The van der Waals surface area contributed by atoms with E-state index < -0.39 is 11.8 Å². The number of carbonyl (C=O) groups is 2. The summed E-state index contributed by atoms with van der Waals surface area (Å²) in [7, 11) is 0. The fourth-order valence-electron chi connectivity index (χ4n) is 3.70. The number of nitrogens with one attached hydrogen (secondary N) is 1. The minimum absolute atomic E-state index is 0.0308. The molecule has 0 aromatic heterocycles. The highest BCUT2D eigenvalue weighted by Gasteiger charge is 2.34. The second-order valence-electron chi connectivity index (χ2n) is 7.29. The summed E-state index contributed by atoms with van der Waals surface area (Å²) in [6, 6.07) is 9.73. The molecule has 2 aliphatic rings. The third-order valence-electron chi connectivity index (χ3n) is 5.25. The van der Waals surface area contributed by atoms with E-state index >= 15 is 0 Å². The number of aryl methyl sites for hydroxylation is 1. The molecule has 2 heterocycles. The molecule has 0 radical (unpaired) electrons. The Hall–Kier alpha value is -2.77. The molecule has 0 unspecified atom stereocenters. The molecule has 2 aromatic rings. The maximum Gasteiger partial charge on any atom is 0.270 e. The van der Waals surface area contributed by atoms with Gasteiger partial charge in [0.05, 0.1) is 11.4 Å². The van der Waals surface area contributed by atoms with E-state index in [1.807, 2.05) is 11.8 Å². The molecule has 5 nitrogen and oxygen atoms in total. The quantitative estimate of drug-likeness (QED) is 0.438. The molecule has 2 saturated heterocycles. The monoisotopic (exact) mass is 443 g/mol. The van der Waals surface area contributed by atoms with Gasteiger partial charge in [0.15, 0.2) is 5.11 Å². The van der Waals surface area contributed by atoms with Gasteiger partial charge in [-0.1, -0.05) is 17.7 Å². The van der Waals surface area contributed by atoms with Gasteiger partial charge >= 0.3 is 0 Å². The van der Waals surface area contributed by atoms with E-state index in [0.29, 0.717) is 22.0 Å². The highest BCUT2D eigenvalue weighted by Crippen LogP contribution is 2.29. The summed E-state index contributed by atoms with van der Waals surface area (Å²) in [6.07, 6.45) is 3.49. The van der Waals surface area contributed by atoms with Crippen molar-refractivity contribution in [2.75, 3.05) is 22.9 Å². The van der Waals surface area contributed by atoms with Gasteiger partial charge in [0.25, 0.3) is 11.8 Å². The van der Waals surface area contributed by atoms with Crippen molar-refractivity contribution in [1.29, 1.82) is 0 Å². The molecule has 2 fully saturated rings. The number of halogens is 2. The summed E-state index contributed by atoms with van der Waals surface area (Å²) in [5.41, 5.74) is 2.10. The Labute approximate surface area is 184 Å². The van der Waals surface area contributed by atoms with Crippen LogP contribution in [0.15, 0.2) is 42.0 Å².